The molecule has 2 amide bonds. The van der Waals surface area contributed by atoms with Gasteiger partial charge in [-0.25, -0.2) is 10.2 Å². The lowest BCUT2D eigenvalue weighted by atomic mass is 9.51. The van der Waals surface area contributed by atoms with Crippen LogP contribution in [0.25, 0.3) is 0 Å². The van der Waals surface area contributed by atoms with Gasteiger partial charge in [0, 0.05) is 18.6 Å². The third-order valence-corrected chi connectivity index (χ3v) is 6.88. The number of esters is 1. The Kier molecular flexibility index (Phi) is 3.93. The van der Waals surface area contributed by atoms with Gasteiger partial charge < -0.3 is 25.1 Å². The minimum atomic E-state index is -1.02. The number of carbonyl (C=O) groups is 2. The molecule has 4 rings (SSSR count). The number of carbonyl (C=O) groups excluding carboxylic acids is 2. The largest absolute Gasteiger partial charge is 0.459 e. The average molecular weight is 379 g/mol. The highest BCUT2D eigenvalue weighted by molar-refractivity contribution is 5.76. The van der Waals surface area contributed by atoms with Crippen LogP contribution in [0.4, 0.5) is 4.79 Å². The molecular weight excluding hydrogens is 354 g/mol. The number of allylic oxidation sites excluding steroid dienone is 1. The third kappa shape index (κ3) is 2.25. The Labute approximate surface area is 156 Å². The fourth-order valence-corrected chi connectivity index (χ4v) is 5.46. The Balaban J connectivity index is 1.87. The first-order valence-electron chi connectivity index (χ1n) is 9.09. The van der Waals surface area contributed by atoms with Gasteiger partial charge >= 0.3 is 12.0 Å². The number of epoxide rings is 1. The van der Waals surface area contributed by atoms with Crippen molar-refractivity contribution < 1.29 is 28.9 Å². The molecule has 4 aliphatic rings. The number of rotatable bonds is 3. The van der Waals surface area contributed by atoms with Crippen molar-refractivity contribution in [3.8, 4) is 0 Å². The molecule has 0 aromatic heterocycles. The van der Waals surface area contributed by atoms with E-state index in [1.165, 1.54) is 12.5 Å². The topological polar surface area (TPSA) is 136 Å². The number of aliphatic hydroxyl groups is 1. The van der Waals surface area contributed by atoms with Gasteiger partial charge in [-0.3, -0.25) is 4.79 Å². The number of nitrogens with zero attached hydrogens (tertiary/aromatic N) is 1. The number of hydrazone groups is 1. The lowest BCUT2D eigenvalue weighted by molar-refractivity contribution is -0.190. The highest BCUT2D eigenvalue weighted by Crippen LogP contribution is 2.71. The molecule has 1 spiro atoms. The predicted molar refractivity (Wildman–Crippen MR) is 93.6 cm³/mol. The van der Waals surface area contributed by atoms with E-state index in [0.717, 1.165) is 6.42 Å². The van der Waals surface area contributed by atoms with Crippen molar-refractivity contribution in [3.05, 3.63) is 11.6 Å². The molecular formula is C18H25N3O6. The zero-order valence-corrected chi connectivity index (χ0v) is 15.6. The van der Waals surface area contributed by atoms with Crippen molar-refractivity contribution in [2.45, 2.75) is 63.6 Å². The summed E-state index contributed by atoms with van der Waals surface area (Å²) in [5, 5.41) is 15.0. The van der Waals surface area contributed by atoms with E-state index in [4.69, 9.17) is 19.9 Å². The van der Waals surface area contributed by atoms with Crippen LogP contribution in [0.5, 0.6) is 0 Å². The molecule has 2 saturated heterocycles. The minimum Gasteiger partial charge on any atom is -0.459 e. The first kappa shape index (κ1) is 18.4. The number of fused-ring (bicyclic) bond motifs is 2. The summed E-state index contributed by atoms with van der Waals surface area (Å²) in [6.07, 6.45) is 2.22. The van der Waals surface area contributed by atoms with Gasteiger partial charge in [0.05, 0.1) is 18.1 Å². The van der Waals surface area contributed by atoms with Crippen LogP contribution in [0.15, 0.2) is 16.8 Å². The maximum absolute atomic E-state index is 11.8. The summed E-state index contributed by atoms with van der Waals surface area (Å²) in [7, 11) is 0. The van der Waals surface area contributed by atoms with Crippen molar-refractivity contribution >= 4 is 18.2 Å². The number of urea groups is 1. The predicted octanol–water partition coefficient (Wildman–Crippen LogP) is 0.216. The lowest BCUT2D eigenvalue weighted by Gasteiger charge is -2.56. The molecule has 2 aliphatic carbocycles. The van der Waals surface area contributed by atoms with Gasteiger partial charge in [-0.2, -0.15) is 5.10 Å². The fourth-order valence-electron chi connectivity index (χ4n) is 5.46. The first-order valence-corrected chi connectivity index (χ1v) is 9.09. The number of amides is 2. The second-order valence-corrected chi connectivity index (χ2v) is 8.17. The Morgan fingerprint density at radius 3 is 2.81 bits per heavy atom. The van der Waals surface area contributed by atoms with Gasteiger partial charge in [-0.05, 0) is 19.8 Å². The Morgan fingerprint density at radius 1 is 1.52 bits per heavy atom. The third-order valence-electron chi connectivity index (χ3n) is 6.88. The summed E-state index contributed by atoms with van der Waals surface area (Å²) < 4.78 is 17.8. The second-order valence-electron chi connectivity index (χ2n) is 8.17. The van der Waals surface area contributed by atoms with Crippen molar-refractivity contribution in [2.75, 3.05) is 6.61 Å². The van der Waals surface area contributed by atoms with E-state index >= 15 is 0 Å². The van der Waals surface area contributed by atoms with E-state index in [9.17, 15) is 14.7 Å². The van der Waals surface area contributed by atoms with E-state index < -0.39 is 52.8 Å². The SMILES string of the molecule is CC(=O)O[C@@H]1[C@@H](O)C2OC3C=C(C)CC[C@]3(/C=N\NC(N)=O)[C@]1(C)C21CO1. The van der Waals surface area contributed by atoms with E-state index in [2.05, 4.69) is 10.5 Å². The van der Waals surface area contributed by atoms with Gasteiger partial charge in [0.2, 0.25) is 0 Å². The second kappa shape index (κ2) is 5.76. The molecule has 2 aliphatic heterocycles. The van der Waals surface area contributed by atoms with Crippen molar-refractivity contribution in [3.63, 3.8) is 0 Å². The fraction of sp³-hybridized carbons (Fsp3) is 0.722. The number of primary amides is 1. The summed E-state index contributed by atoms with van der Waals surface area (Å²) in [5.74, 6) is -0.481. The van der Waals surface area contributed by atoms with E-state index in [0.29, 0.717) is 13.0 Å². The van der Waals surface area contributed by atoms with Gasteiger partial charge in [0.15, 0.2) is 0 Å². The molecule has 27 heavy (non-hydrogen) atoms. The molecule has 148 valence electrons. The van der Waals surface area contributed by atoms with E-state index in [1.54, 1.807) is 6.21 Å². The average Bonchev–Trinajstić information content (AvgIpc) is 3.36. The van der Waals surface area contributed by atoms with Crippen LogP contribution in [0.1, 0.15) is 33.6 Å². The highest BCUT2D eigenvalue weighted by atomic mass is 16.6. The van der Waals surface area contributed by atoms with E-state index in [-0.39, 0.29) is 0 Å². The summed E-state index contributed by atoms with van der Waals surface area (Å²) >= 11 is 0. The van der Waals surface area contributed by atoms with Crippen molar-refractivity contribution in [1.82, 2.24) is 5.43 Å². The Morgan fingerprint density at radius 2 is 2.22 bits per heavy atom. The van der Waals surface area contributed by atoms with Crippen LogP contribution in [-0.2, 0) is 19.0 Å². The van der Waals surface area contributed by atoms with Crippen molar-refractivity contribution in [1.29, 1.82) is 0 Å². The van der Waals surface area contributed by atoms with Gasteiger partial charge in [0.25, 0.3) is 0 Å². The highest BCUT2D eigenvalue weighted by Gasteiger charge is 2.85. The van der Waals surface area contributed by atoms with Gasteiger partial charge in [-0.15, -0.1) is 0 Å². The van der Waals surface area contributed by atoms with Crippen LogP contribution in [0.2, 0.25) is 0 Å². The molecule has 9 heteroatoms. The van der Waals surface area contributed by atoms with Gasteiger partial charge in [-0.1, -0.05) is 18.6 Å². The minimum absolute atomic E-state index is 0.398. The number of nitrogens with one attached hydrogen (secondary N) is 1. The van der Waals surface area contributed by atoms with Crippen LogP contribution in [0.3, 0.4) is 0 Å². The Hall–Kier alpha value is -1.97. The summed E-state index contributed by atoms with van der Waals surface area (Å²) in [6.45, 7) is 5.69. The standard InChI is InChI=1S/C18H25N3O6/c1-9-4-5-17(7-20-21-15(19)24)11(6-9)27-14-12(23)13(26-10(2)22)16(17,3)18(14)8-25-18/h6-7,11-14,23H,4-5,8H2,1-3H3,(H3,19,21,24)/b20-7-/t11?,12-,13-,14?,16-,17-,18?/m1/s1. The maximum Gasteiger partial charge on any atom is 0.332 e. The number of ether oxygens (including phenoxy) is 3. The zero-order chi connectivity index (χ0) is 19.6. The molecule has 2 bridgehead atoms. The molecule has 0 aromatic carbocycles. The first-order chi connectivity index (χ1) is 12.7. The number of aliphatic hydroxyl groups excluding tert-OH is 1. The smallest absolute Gasteiger partial charge is 0.332 e. The summed E-state index contributed by atoms with van der Waals surface area (Å²) in [4.78, 5) is 22.9. The van der Waals surface area contributed by atoms with Crippen molar-refractivity contribution in [2.24, 2.45) is 21.7 Å². The lowest BCUT2D eigenvalue weighted by Crippen LogP contribution is -2.66. The molecule has 3 fully saturated rings. The number of nitrogens with two attached hydrogens (primary N) is 1. The van der Waals surface area contributed by atoms with Crippen LogP contribution in [-0.4, -0.2) is 59.9 Å². The molecule has 3 unspecified atom stereocenters. The maximum atomic E-state index is 11.8. The number of hydrogen-bond acceptors (Lipinski definition) is 7. The Bertz CT molecular complexity index is 747. The van der Waals surface area contributed by atoms with Crippen LogP contribution < -0.4 is 11.2 Å². The normalized spacial score (nSPS) is 47.5. The molecule has 2 heterocycles. The molecule has 4 N–H and O–H groups in total. The van der Waals surface area contributed by atoms with Crippen LogP contribution >= 0.6 is 0 Å². The molecule has 7 atom stereocenters. The van der Waals surface area contributed by atoms with Crippen LogP contribution in [0, 0.1) is 10.8 Å². The molecule has 0 aromatic rings. The summed E-state index contributed by atoms with van der Waals surface area (Å²) in [6, 6.07) is -0.776. The van der Waals surface area contributed by atoms with E-state index in [1.807, 2.05) is 19.9 Å². The quantitative estimate of drug-likeness (QED) is 0.211. The number of hydrogen-bond donors (Lipinski definition) is 3. The molecule has 9 nitrogen and oxygen atoms in total. The monoisotopic (exact) mass is 379 g/mol. The molecule has 1 saturated carbocycles. The zero-order valence-electron chi connectivity index (χ0n) is 15.6. The summed E-state index contributed by atoms with van der Waals surface area (Å²) in [5.41, 5.74) is 6.25. The van der Waals surface area contributed by atoms with Gasteiger partial charge in [0.1, 0.15) is 23.9 Å². The molecule has 0 radical (unpaired) electrons.